The van der Waals surface area contributed by atoms with E-state index >= 15 is 0 Å². The van der Waals surface area contributed by atoms with Crippen LogP contribution in [-0.4, -0.2) is 13.1 Å². The third-order valence-electron chi connectivity index (χ3n) is 4.17. The van der Waals surface area contributed by atoms with Crippen molar-refractivity contribution in [2.24, 2.45) is 5.73 Å². The molecule has 1 atom stereocenters. The number of nitriles is 1. The summed E-state index contributed by atoms with van der Waals surface area (Å²) in [6, 6.07) is 12.8. The minimum Gasteiger partial charge on any atom is -0.486 e. The fraction of sp³-hybridized carbons (Fsp3) is 0.200. The number of nitrogens with zero attached hydrogens (tertiary/aromatic N) is 1. The van der Waals surface area contributed by atoms with Gasteiger partial charge in [0.25, 0.3) is 0 Å². The molecule has 0 amide bonds. The maximum atomic E-state index is 12.3. The zero-order valence-electron chi connectivity index (χ0n) is 15.2. The van der Waals surface area contributed by atoms with Crippen LogP contribution < -0.4 is 10.5 Å². The standard InChI is InChI=1S/C20H17BrN2O5/c1-11-17(20(24)25-2)18(15(9-22)19(23)27-11)16-8-7-14(28-16)10-26-13-5-3-12(21)4-6-13/h3-8,18H,10,23H2,1-2H3/t18-/m0/s1. The molecule has 0 saturated carbocycles. The molecule has 7 nitrogen and oxygen atoms in total. The lowest BCUT2D eigenvalue weighted by molar-refractivity contribution is -0.136. The first-order valence-corrected chi connectivity index (χ1v) is 9.07. The quantitative estimate of drug-likeness (QED) is 0.696. The van der Waals surface area contributed by atoms with Crippen LogP contribution in [0.3, 0.4) is 0 Å². The molecule has 8 heteroatoms. The molecule has 0 radical (unpaired) electrons. The second kappa shape index (κ2) is 8.23. The van der Waals surface area contributed by atoms with Gasteiger partial charge in [0.05, 0.1) is 18.6 Å². The predicted octanol–water partition coefficient (Wildman–Crippen LogP) is 3.88. The van der Waals surface area contributed by atoms with E-state index < -0.39 is 11.9 Å². The van der Waals surface area contributed by atoms with E-state index in [-0.39, 0.29) is 29.4 Å². The van der Waals surface area contributed by atoms with Crippen molar-refractivity contribution in [2.45, 2.75) is 19.4 Å². The molecule has 28 heavy (non-hydrogen) atoms. The van der Waals surface area contributed by atoms with Gasteiger partial charge in [0.1, 0.15) is 41.3 Å². The van der Waals surface area contributed by atoms with Crippen molar-refractivity contribution >= 4 is 21.9 Å². The van der Waals surface area contributed by atoms with Crippen molar-refractivity contribution in [3.05, 3.63) is 75.2 Å². The van der Waals surface area contributed by atoms with E-state index in [1.54, 1.807) is 19.1 Å². The summed E-state index contributed by atoms with van der Waals surface area (Å²) in [5.41, 5.74) is 6.10. The Morgan fingerprint density at radius 2 is 2.00 bits per heavy atom. The summed E-state index contributed by atoms with van der Waals surface area (Å²) in [4.78, 5) is 12.3. The van der Waals surface area contributed by atoms with Gasteiger partial charge in [-0.1, -0.05) is 15.9 Å². The molecule has 0 unspecified atom stereocenters. The average Bonchev–Trinajstić information content (AvgIpc) is 3.15. The molecule has 2 aromatic rings. The molecule has 2 N–H and O–H groups in total. The normalized spacial score (nSPS) is 16.4. The number of ether oxygens (including phenoxy) is 3. The Balaban J connectivity index is 1.88. The maximum Gasteiger partial charge on any atom is 0.338 e. The summed E-state index contributed by atoms with van der Waals surface area (Å²) in [6.45, 7) is 1.77. The Morgan fingerprint density at radius 1 is 1.29 bits per heavy atom. The highest BCUT2D eigenvalue weighted by Gasteiger charge is 2.38. The lowest BCUT2D eigenvalue weighted by atomic mass is 9.87. The van der Waals surface area contributed by atoms with Crippen molar-refractivity contribution in [1.82, 2.24) is 0 Å². The van der Waals surface area contributed by atoms with Crippen LogP contribution in [0.2, 0.25) is 0 Å². The Bertz CT molecular complexity index is 998. The number of hydrogen-bond donors (Lipinski definition) is 1. The van der Waals surface area contributed by atoms with E-state index in [1.165, 1.54) is 7.11 Å². The van der Waals surface area contributed by atoms with Crippen molar-refractivity contribution in [3.63, 3.8) is 0 Å². The van der Waals surface area contributed by atoms with E-state index in [1.807, 2.05) is 30.3 Å². The monoisotopic (exact) mass is 444 g/mol. The molecule has 3 rings (SSSR count). The minimum atomic E-state index is -0.812. The molecule has 144 valence electrons. The Labute approximate surface area is 170 Å². The van der Waals surface area contributed by atoms with E-state index in [0.717, 1.165) is 4.47 Å². The molecule has 0 bridgehead atoms. The summed E-state index contributed by atoms with van der Waals surface area (Å²) < 4.78 is 22.7. The molecular formula is C20H17BrN2O5. The Hall–Kier alpha value is -3.18. The van der Waals surface area contributed by atoms with Gasteiger partial charge in [-0.25, -0.2) is 4.79 Å². The summed E-state index contributed by atoms with van der Waals surface area (Å²) in [5, 5.41) is 9.52. The smallest absolute Gasteiger partial charge is 0.338 e. The summed E-state index contributed by atoms with van der Waals surface area (Å²) in [5.74, 6) is 0.345. The molecule has 1 aliphatic heterocycles. The lowest BCUT2D eigenvalue weighted by Crippen LogP contribution is -2.24. The van der Waals surface area contributed by atoms with Crippen molar-refractivity contribution in [3.8, 4) is 11.8 Å². The van der Waals surface area contributed by atoms with Crippen LogP contribution in [0.25, 0.3) is 0 Å². The topological polar surface area (TPSA) is 108 Å². The van der Waals surface area contributed by atoms with Crippen molar-refractivity contribution in [1.29, 1.82) is 5.26 Å². The fourth-order valence-corrected chi connectivity index (χ4v) is 3.12. The Kier molecular flexibility index (Phi) is 5.76. The molecule has 0 aliphatic carbocycles. The largest absolute Gasteiger partial charge is 0.486 e. The average molecular weight is 445 g/mol. The van der Waals surface area contributed by atoms with Crippen LogP contribution in [0.15, 0.2) is 68.1 Å². The van der Waals surface area contributed by atoms with Gasteiger partial charge in [0.2, 0.25) is 5.88 Å². The van der Waals surface area contributed by atoms with Gasteiger partial charge < -0.3 is 24.4 Å². The highest BCUT2D eigenvalue weighted by Crippen LogP contribution is 2.40. The number of allylic oxidation sites excluding steroid dienone is 2. The number of carbonyl (C=O) groups excluding carboxylic acids is 1. The zero-order valence-corrected chi connectivity index (χ0v) is 16.8. The van der Waals surface area contributed by atoms with Crippen LogP contribution in [0.1, 0.15) is 24.4 Å². The number of carbonyl (C=O) groups is 1. The lowest BCUT2D eigenvalue weighted by Gasteiger charge is -2.24. The first-order valence-electron chi connectivity index (χ1n) is 8.28. The number of hydrogen-bond acceptors (Lipinski definition) is 7. The summed E-state index contributed by atoms with van der Waals surface area (Å²) in [7, 11) is 1.26. The highest BCUT2D eigenvalue weighted by molar-refractivity contribution is 9.10. The molecule has 2 heterocycles. The number of nitrogens with two attached hydrogens (primary N) is 1. The van der Waals surface area contributed by atoms with E-state index in [0.29, 0.717) is 17.3 Å². The van der Waals surface area contributed by atoms with E-state index in [2.05, 4.69) is 15.9 Å². The first kappa shape index (κ1) is 19.6. The highest BCUT2D eigenvalue weighted by atomic mass is 79.9. The van der Waals surface area contributed by atoms with Gasteiger partial charge in [-0.2, -0.15) is 5.26 Å². The van der Waals surface area contributed by atoms with Gasteiger partial charge >= 0.3 is 5.97 Å². The first-order chi connectivity index (χ1) is 13.4. The molecule has 0 saturated heterocycles. The van der Waals surface area contributed by atoms with Crippen LogP contribution in [0.5, 0.6) is 5.75 Å². The molecule has 0 spiro atoms. The second-order valence-corrected chi connectivity index (χ2v) is 6.85. The number of methoxy groups -OCH3 is 1. The zero-order chi connectivity index (χ0) is 20.3. The number of benzene rings is 1. The van der Waals surface area contributed by atoms with E-state index in [4.69, 9.17) is 24.4 Å². The number of furan rings is 1. The third-order valence-corrected chi connectivity index (χ3v) is 4.70. The van der Waals surface area contributed by atoms with Crippen LogP contribution >= 0.6 is 15.9 Å². The maximum absolute atomic E-state index is 12.3. The second-order valence-electron chi connectivity index (χ2n) is 5.93. The number of esters is 1. The summed E-state index contributed by atoms with van der Waals surface area (Å²) >= 11 is 3.37. The Morgan fingerprint density at radius 3 is 2.64 bits per heavy atom. The van der Waals surface area contributed by atoms with Gasteiger partial charge in [-0.05, 0) is 43.3 Å². The molecule has 0 fully saturated rings. The summed E-state index contributed by atoms with van der Waals surface area (Å²) in [6.07, 6.45) is 0. The third kappa shape index (κ3) is 3.89. The van der Waals surface area contributed by atoms with Gasteiger partial charge in [-0.15, -0.1) is 0 Å². The molecular weight excluding hydrogens is 428 g/mol. The van der Waals surface area contributed by atoms with Crippen LogP contribution in [0, 0.1) is 11.3 Å². The van der Waals surface area contributed by atoms with Gasteiger partial charge in [0, 0.05) is 4.47 Å². The van der Waals surface area contributed by atoms with Crippen LogP contribution in [0.4, 0.5) is 0 Å². The van der Waals surface area contributed by atoms with Crippen molar-refractivity contribution in [2.75, 3.05) is 7.11 Å². The predicted molar refractivity (Wildman–Crippen MR) is 103 cm³/mol. The molecule has 1 aromatic carbocycles. The molecule has 1 aliphatic rings. The van der Waals surface area contributed by atoms with Crippen molar-refractivity contribution < 1.29 is 23.4 Å². The molecule has 1 aromatic heterocycles. The number of halogens is 1. The fourth-order valence-electron chi connectivity index (χ4n) is 2.85. The van der Waals surface area contributed by atoms with Gasteiger partial charge in [-0.3, -0.25) is 0 Å². The minimum absolute atomic E-state index is 0.0679. The van der Waals surface area contributed by atoms with E-state index in [9.17, 15) is 10.1 Å². The van der Waals surface area contributed by atoms with Crippen LogP contribution in [-0.2, 0) is 20.9 Å². The van der Waals surface area contributed by atoms with Gasteiger partial charge in [0.15, 0.2) is 0 Å². The number of rotatable bonds is 5. The SMILES string of the molecule is COC(=O)C1=C(C)OC(N)=C(C#N)[C@H]1c1ccc(COc2ccc(Br)cc2)o1.